The van der Waals surface area contributed by atoms with Crippen LogP contribution in [0.25, 0.3) is 0 Å². The molecule has 2 aromatic heterocycles. The van der Waals surface area contributed by atoms with Crippen molar-refractivity contribution in [1.82, 2.24) is 10.3 Å². The molecule has 0 saturated carbocycles. The highest BCUT2D eigenvalue weighted by Crippen LogP contribution is 2.09. The first-order valence-corrected chi connectivity index (χ1v) is 5.59. The highest BCUT2D eigenvalue weighted by molar-refractivity contribution is 5.84. The fraction of sp³-hybridized carbons (Fsp3) is 0.231. The molecule has 0 aliphatic carbocycles. The van der Waals surface area contributed by atoms with Crippen LogP contribution >= 0.6 is 0 Å². The van der Waals surface area contributed by atoms with Crippen molar-refractivity contribution in [1.29, 1.82) is 0 Å². The van der Waals surface area contributed by atoms with Crippen molar-refractivity contribution in [3.05, 3.63) is 53.2 Å². The lowest BCUT2D eigenvalue weighted by atomic mass is 10.1. The number of carboxylic acid groups (broad SMARTS) is 1. The number of aryl methyl sites for hydroxylation is 1. The van der Waals surface area contributed by atoms with Gasteiger partial charge in [0.05, 0.1) is 6.54 Å². The van der Waals surface area contributed by atoms with E-state index >= 15 is 0 Å². The van der Waals surface area contributed by atoms with Crippen LogP contribution in [-0.4, -0.2) is 16.1 Å². The lowest BCUT2D eigenvalue weighted by Gasteiger charge is -2.05. The number of nitrogens with zero attached hydrogens (tertiary/aromatic N) is 1. The van der Waals surface area contributed by atoms with E-state index in [4.69, 9.17) is 9.52 Å². The van der Waals surface area contributed by atoms with Gasteiger partial charge in [0.1, 0.15) is 5.76 Å². The zero-order chi connectivity index (χ0) is 13.0. The van der Waals surface area contributed by atoms with Crippen molar-refractivity contribution >= 4 is 5.97 Å². The zero-order valence-corrected chi connectivity index (χ0v) is 10.0. The molecule has 2 heterocycles. The molecule has 94 valence electrons. The Kier molecular flexibility index (Phi) is 3.74. The summed E-state index contributed by atoms with van der Waals surface area (Å²) in [5.41, 5.74) is 2.28. The summed E-state index contributed by atoms with van der Waals surface area (Å²) in [6.07, 6.45) is 3.56. The van der Waals surface area contributed by atoms with Crippen LogP contribution in [0.1, 0.15) is 27.4 Å². The molecule has 2 rings (SSSR count). The van der Waals surface area contributed by atoms with E-state index in [9.17, 15) is 4.79 Å². The molecule has 2 N–H and O–H groups in total. The van der Waals surface area contributed by atoms with E-state index in [2.05, 4.69) is 10.3 Å². The second-order valence-electron chi connectivity index (χ2n) is 3.98. The summed E-state index contributed by atoms with van der Waals surface area (Å²) in [6, 6.07) is 5.07. The number of aromatic nitrogens is 1. The van der Waals surface area contributed by atoms with Gasteiger partial charge in [-0.05, 0) is 36.2 Å². The Morgan fingerprint density at radius 1 is 1.39 bits per heavy atom. The summed E-state index contributed by atoms with van der Waals surface area (Å²) in [5.74, 6) is -0.475. The Hall–Kier alpha value is -2.14. The fourth-order valence-electron chi connectivity index (χ4n) is 1.61. The minimum Gasteiger partial charge on any atom is -0.475 e. The van der Waals surface area contributed by atoms with Gasteiger partial charge in [-0.15, -0.1) is 0 Å². The van der Waals surface area contributed by atoms with Crippen LogP contribution in [0, 0.1) is 6.92 Å². The first-order valence-electron chi connectivity index (χ1n) is 5.59. The maximum atomic E-state index is 10.6. The highest BCUT2D eigenvalue weighted by atomic mass is 16.4. The molecule has 18 heavy (non-hydrogen) atoms. The van der Waals surface area contributed by atoms with Gasteiger partial charge in [-0.1, -0.05) is 0 Å². The van der Waals surface area contributed by atoms with Crippen LogP contribution in [0.2, 0.25) is 0 Å². The molecule has 0 unspecified atom stereocenters. The summed E-state index contributed by atoms with van der Waals surface area (Å²) < 4.78 is 5.14. The quantitative estimate of drug-likeness (QED) is 0.843. The summed E-state index contributed by atoms with van der Waals surface area (Å²) in [4.78, 5) is 14.7. The maximum Gasteiger partial charge on any atom is 0.371 e. The van der Waals surface area contributed by atoms with E-state index in [1.54, 1.807) is 12.3 Å². The molecular weight excluding hydrogens is 232 g/mol. The topological polar surface area (TPSA) is 75.4 Å². The average Bonchev–Trinajstić information content (AvgIpc) is 2.80. The maximum absolute atomic E-state index is 10.6. The minimum absolute atomic E-state index is 0.0353. The molecule has 5 nitrogen and oxygen atoms in total. The first kappa shape index (κ1) is 12.3. The summed E-state index contributed by atoms with van der Waals surface area (Å²) in [5, 5.41) is 11.9. The zero-order valence-electron chi connectivity index (χ0n) is 10.0. The predicted octanol–water partition coefficient (Wildman–Crippen LogP) is 1.97. The van der Waals surface area contributed by atoms with Crippen LogP contribution in [0.3, 0.4) is 0 Å². The van der Waals surface area contributed by atoms with Gasteiger partial charge >= 0.3 is 5.97 Å². The number of hydrogen-bond donors (Lipinski definition) is 2. The van der Waals surface area contributed by atoms with Gasteiger partial charge in [0, 0.05) is 18.9 Å². The molecule has 5 heteroatoms. The van der Waals surface area contributed by atoms with E-state index < -0.39 is 5.97 Å². The van der Waals surface area contributed by atoms with Crippen LogP contribution in [0.5, 0.6) is 0 Å². The third-order valence-corrected chi connectivity index (χ3v) is 2.62. The Morgan fingerprint density at radius 2 is 2.22 bits per heavy atom. The van der Waals surface area contributed by atoms with Gasteiger partial charge in [0.15, 0.2) is 0 Å². The number of nitrogens with one attached hydrogen (secondary N) is 1. The Morgan fingerprint density at radius 3 is 2.89 bits per heavy atom. The van der Waals surface area contributed by atoms with E-state index in [0.717, 1.165) is 11.1 Å². The van der Waals surface area contributed by atoms with E-state index in [0.29, 0.717) is 18.8 Å². The third kappa shape index (κ3) is 2.95. The third-order valence-electron chi connectivity index (χ3n) is 2.62. The number of aromatic carboxylic acids is 1. The number of furan rings is 1. The van der Waals surface area contributed by atoms with Gasteiger partial charge in [-0.2, -0.15) is 0 Å². The number of rotatable bonds is 5. The lowest BCUT2D eigenvalue weighted by Crippen LogP contribution is -2.13. The molecule has 0 bridgehead atoms. The smallest absolute Gasteiger partial charge is 0.371 e. The van der Waals surface area contributed by atoms with Gasteiger partial charge in [-0.3, -0.25) is 4.98 Å². The van der Waals surface area contributed by atoms with Crippen LogP contribution < -0.4 is 5.32 Å². The summed E-state index contributed by atoms with van der Waals surface area (Å²) in [6.45, 7) is 3.19. The lowest BCUT2D eigenvalue weighted by molar-refractivity contribution is 0.0660. The minimum atomic E-state index is -1.05. The van der Waals surface area contributed by atoms with E-state index in [1.165, 1.54) is 6.07 Å². The van der Waals surface area contributed by atoms with Gasteiger partial charge in [0.2, 0.25) is 5.76 Å². The van der Waals surface area contributed by atoms with Crippen molar-refractivity contribution in [2.75, 3.05) is 0 Å². The Labute approximate surface area is 104 Å². The molecule has 0 aliphatic rings. The number of carboxylic acids is 1. The molecule has 0 aromatic carbocycles. The second kappa shape index (κ2) is 5.46. The molecule has 0 atom stereocenters. The molecule has 0 spiro atoms. The Bertz CT molecular complexity index is 549. The molecule has 0 fully saturated rings. The number of carbonyl (C=O) groups is 1. The highest BCUT2D eigenvalue weighted by Gasteiger charge is 2.08. The second-order valence-corrected chi connectivity index (χ2v) is 3.98. The molecule has 0 aliphatic heterocycles. The first-order chi connectivity index (χ1) is 8.66. The number of hydrogen-bond acceptors (Lipinski definition) is 4. The normalized spacial score (nSPS) is 10.5. The standard InChI is InChI=1S/C13H14N2O3/c1-9-6-14-5-4-10(9)7-15-8-11-2-3-12(18-11)13(16)17/h2-6,15H,7-8H2,1H3,(H,16,17). The van der Waals surface area contributed by atoms with Crippen LogP contribution in [0.4, 0.5) is 0 Å². The molecule has 0 amide bonds. The average molecular weight is 246 g/mol. The Balaban J connectivity index is 1.88. The van der Waals surface area contributed by atoms with Crippen molar-refractivity contribution in [2.24, 2.45) is 0 Å². The largest absolute Gasteiger partial charge is 0.475 e. The molecule has 0 saturated heterocycles. The van der Waals surface area contributed by atoms with Crippen LogP contribution in [-0.2, 0) is 13.1 Å². The summed E-state index contributed by atoms with van der Waals surface area (Å²) in [7, 11) is 0. The number of pyridine rings is 1. The van der Waals surface area contributed by atoms with Crippen molar-refractivity contribution in [2.45, 2.75) is 20.0 Å². The molecule has 0 radical (unpaired) electrons. The van der Waals surface area contributed by atoms with Gasteiger partial charge in [-0.25, -0.2) is 4.79 Å². The molecular formula is C13H14N2O3. The fourth-order valence-corrected chi connectivity index (χ4v) is 1.61. The predicted molar refractivity (Wildman–Crippen MR) is 65.2 cm³/mol. The van der Waals surface area contributed by atoms with Crippen molar-refractivity contribution < 1.29 is 14.3 Å². The van der Waals surface area contributed by atoms with Crippen molar-refractivity contribution in [3.63, 3.8) is 0 Å². The monoisotopic (exact) mass is 246 g/mol. The SMILES string of the molecule is Cc1cnccc1CNCc1ccc(C(=O)O)o1. The van der Waals surface area contributed by atoms with Crippen molar-refractivity contribution in [3.8, 4) is 0 Å². The van der Waals surface area contributed by atoms with E-state index in [-0.39, 0.29) is 5.76 Å². The van der Waals surface area contributed by atoms with Gasteiger partial charge in [0.25, 0.3) is 0 Å². The summed E-state index contributed by atoms with van der Waals surface area (Å²) >= 11 is 0. The van der Waals surface area contributed by atoms with Crippen LogP contribution in [0.15, 0.2) is 35.0 Å². The van der Waals surface area contributed by atoms with Gasteiger partial charge < -0.3 is 14.8 Å². The molecule has 2 aromatic rings. The van der Waals surface area contributed by atoms with E-state index in [1.807, 2.05) is 19.2 Å².